The number of nitrogens with zero attached hydrogens (tertiary/aromatic N) is 2. The number of benzene rings is 2. The average Bonchev–Trinajstić information content (AvgIpc) is 3.25. The van der Waals surface area contributed by atoms with Gasteiger partial charge >= 0.3 is 0 Å². The molecule has 32 heavy (non-hydrogen) atoms. The fourth-order valence-electron chi connectivity index (χ4n) is 3.96. The zero-order valence-corrected chi connectivity index (χ0v) is 19.0. The lowest BCUT2D eigenvalue weighted by Gasteiger charge is -2.26. The number of hydrogen-bond acceptors (Lipinski definition) is 7. The molecule has 0 aromatic heterocycles. The number of likely N-dealkylation sites (N-methyl/N-ethyl adjacent to an activating group) is 1. The van der Waals surface area contributed by atoms with E-state index in [1.165, 1.54) is 36.4 Å². The van der Waals surface area contributed by atoms with Crippen LogP contribution in [0.1, 0.15) is 11.6 Å². The normalized spacial score (nSPS) is 23.6. The number of fused-ring (bicyclic) bond motifs is 1. The molecule has 3 atom stereocenters. The van der Waals surface area contributed by atoms with E-state index in [0.717, 1.165) is 10.5 Å². The number of amides is 2. The van der Waals surface area contributed by atoms with Crippen LogP contribution in [0.25, 0.3) is 0 Å². The SMILES string of the molecule is COc1ccc(C2[C@@H]3C(=O)N(C)C(=O)[C@@H]3ON2CCNS(=O)(=O)c2ccc(Cl)cc2)cc1. The fraction of sp³-hybridized carbons (Fsp3) is 0.333. The Bertz CT molecular complexity index is 1120. The van der Waals surface area contributed by atoms with Gasteiger partial charge in [0.1, 0.15) is 5.75 Å². The molecule has 2 fully saturated rings. The van der Waals surface area contributed by atoms with Crippen molar-refractivity contribution in [3.05, 3.63) is 59.1 Å². The fourth-order valence-corrected chi connectivity index (χ4v) is 5.11. The Morgan fingerprint density at radius 1 is 1.06 bits per heavy atom. The summed E-state index contributed by atoms with van der Waals surface area (Å²) in [4.78, 5) is 32.2. The Labute approximate surface area is 190 Å². The summed E-state index contributed by atoms with van der Waals surface area (Å²) in [7, 11) is -0.773. The third-order valence-corrected chi connectivity index (χ3v) is 7.35. The maximum absolute atomic E-state index is 12.7. The third kappa shape index (κ3) is 4.12. The van der Waals surface area contributed by atoms with Crippen molar-refractivity contribution < 1.29 is 27.6 Å². The zero-order chi connectivity index (χ0) is 23.0. The molecule has 0 bridgehead atoms. The first-order valence-corrected chi connectivity index (χ1v) is 11.7. The quantitative estimate of drug-likeness (QED) is 0.601. The van der Waals surface area contributed by atoms with Crippen LogP contribution in [0, 0.1) is 5.92 Å². The van der Waals surface area contributed by atoms with Crippen LogP contribution in [-0.4, -0.2) is 63.5 Å². The second-order valence-electron chi connectivity index (χ2n) is 7.50. The van der Waals surface area contributed by atoms with E-state index in [2.05, 4.69) is 4.72 Å². The smallest absolute Gasteiger partial charge is 0.261 e. The summed E-state index contributed by atoms with van der Waals surface area (Å²) < 4.78 is 32.8. The highest BCUT2D eigenvalue weighted by Crippen LogP contribution is 2.44. The molecule has 2 aliphatic heterocycles. The molecule has 0 saturated carbocycles. The summed E-state index contributed by atoms with van der Waals surface area (Å²) in [6.45, 7) is 0.135. The van der Waals surface area contributed by atoms with Crippen LogP contribution in [-0.2, 0) is 24.4 Å². The topological polar surface area (TPSA) is 105 Å². The molecule has 170 valence electrons. The van der Waals surface area contributed by atoms with E-state index in [4.69, 9.17) is 21.2 Å². The van der Waals surface area contributed by atoms with Crippen LogP contribution in [0.3, 0.4) is 0 Å². The predicted molar refractivity (Wildman–Crippen MR) is 115 cm³/mol. The van der Waals surface area contributed by atoms with E-state index in [-0.39, 0.29) is 23.9 Å². The van der Waals surface area contributed by atoms with Gasteiger partial charge in [-0.3, -0.25) is 19.3 Å². The molecule has 0 spiro atoms. The van der Waals surface area contributed by atoms with Gasteiger partial charge in [0.25, 0.3) is 5.91 Å². The summed E-state index contributed by atoms with van der Waals surface area (Å²) in [5.74, 6) is -0.806. The van der Waals surface area contributed by atoms with E-state index in [1.54, 1.807) is 31.4 Å². The van der Waals surface area contributed by atoms with Crippen LogP contribution in [0.15, 0.2) is 53.4 Å². The molecule has 2 aromatic carbocycles. The Hall–Kier alpha value is -2.50. The molecule has 2 heterocycles. The number of hydrogen-bond donors (Lipinski definition) is 1. The van der Waals surface area contributed by atoms with Gasteiger partial charge in [-0.1, -0.05) is 23.7 Å². The lowest BCUT2D eigenvalue weighted by Crippen LogP contribution is -2.38. The van der Waals surface area contributed by atoms with Crippen molar-refractivity contribution in [3.63, 3.8) is 0 Å². The number of rotatable bonds is 7. The van der Waals surface area contributed by atoms with Gasteiger partial charge < -0.3 is 4.74 Å². The number of ether oxygens (including phenoxy) is 1. The van der Waals surface area contributed by atoms with Gasteiger partial charge in [0, 0.05) is 25.2 Å². The van der Waals surface area contributed by atoms with Gasteiger partial charge in [0.05, 0.1) is 24.0 Å². The van der Waals surface area contributed by atoms with Crippen molar-refractivity contribution in [3.8, 4) is 5.75 Å². The van der Waals surface area contributed by atoms with Crippen molar-refractivity contribution in [2.45, 2.75) is 17.0 Å². The molecule has 2 saturated heterocycles. The molecule has 2 amide bonds. The van der Waals surface area contributed by atoms with Crippen LogP contribution in [0.2, 0.25) is 5.02 Å². The molecule has 4 rings (SSSR count). The molecule has 11 heteroatoms. The minimum absolute atomic E-state index is 0.00920. The molecular weight excluding hydrogens is 458 g/mol. The summed E-state index contributed by atoms with van der Waals surface area (Å²) in [6, 6.07) is 12.4. The maximum atomic E-state index is 12.7. The van der Waals surface area contributed by atoms with Crippen molar-refractivity contribution in [2.75, 3.05) is 27.2 Å². The third-order valence-electron chi connectivity index (χ3n) is 5.62. The summed E-state index contributed by atoms with van der Waals surface area (Å²) in [6.07, 6.45) is -0.938. The highest BCUT2D eigenvalue weighted by Gasteiger charge is 2.58. The lowest BCUT2D eigenvalue weighted by atomic mass is 9.91. The Morgan fingerprint density at radius 3 is 2.34 bits per heavy atom. The van der Waals surface area contributed by atoms with E-state index in [1.807, 2.05) is 0 Å². The maximum Gasteiger partial charge on any atom is 0.261 e. The van der Waals surface area contributed by atoms with E-state index < -0.39 is 34.0 Å². The number of hydroxylamine groups is 2. The van der Waals surface area contributed by atoms with Crippen molar-refractivity contribution in [1.29, 1.82) is 0 Å². The largest absolute Gasteiger partial charge is 0.497 e. The minimum Gasteiger partial charge on any atom is -0.497 e. The van der Waals surface area contributed by atoms with Gasteiger partial charge in [-0.2, -0.15) is 5.06 Å². The molecule has 1 N–H and O–H groups in total. The molecule has 1 unspecified atom stereocenters. The monoisotopic (exact) mass is 479 g/mol. The number of nitrogens with one attached hydrogen (secondary N) is 1. The minimum atomic E-state index is -3.76. The number of methoxy groups -OCH3 is 1. The van der Waals surface area contributed by atoms with Gasteiger partial charge in [-0.05, 0) is 42.0 Å². The first-order valence-electron chi connectivity index (χ1n) is 9.87. The first-order chi connectivity index (χ1) is 15.2. The van der Waals surface area contributed by atoms with Gasteiger partial charge in [-0.25, -0.2) is 13.1 Å². The van der Waals surface area contributed by atoms with Crippen molar-refractivity contribution in [2.24, 2.45) is 5.92 Å². The standard InChI is InChI=1S/C21H22ClN3O6S/c1-24-20(26)17-18(13-3-7-15(30-2)8-4-13)25(31-19(17)21(24)27)12-11-23-32(28,29)16-9-5-14(22)6-10-16/h3-10,17-19,23H,11-12H2,1-2H3/t17-,18?,19+/m0/s1. The average molecular weight is 480 g/mol. The Kier molecular flexibility index (Phi) is 6.24. The number of carbonyl (C=O) groups excluding carboxylic acids is 2. The van der Waals surface area contributed by atoms with E-state index >= 15 is 0 Å². The summed E-state index contributed by atoms with van der Waals surface area (Å²) in [5, 5.41) is 1.94. The molecule has 2 aromatic rings. The molecular formula is C21H22ClN3O6S. The number of halogens is 1. The van der Waals surface area contributed by atoms with Gasteiger partial charge in [0.15, 0.2) is 6.10 Å². The number of likely N-dealkylation sites (tertiary alicyclic amines) is 1. The predicted octanol–water partition coefficient (Wildman–Crippen LogP) is 1.60. The van der Waals surface area contributed by atoms with Crippen LogP contribution in [0.5, 0.6) is 5.75 Å². The molecule has 0 aliphatic carbocycles. The molecule has 9 nitrogen and oxygen atoms in total. The number of carbonyl (C=O) groups is 2. The zero-order valence-electron chi connectivity index (χ0n) is 17.4. The number of sulfonamides is 1. The summed E-state index contributed by atoms with van der Waals surface area (Å²) >= 11 is 5.82. The Morgan fingerprint density at radius 2 is 1.72 bits per heavy atom. The Balaban J connectivity index is 1.53. The van der Waals surface area contributed by atoms with Crippen molar-refractivity contribution in [1.82, 2.24) is 14.7 Å². The van der Waals surface area contributed by atoms with Crippen LogP contribution < -0.4 is 9.46 Å². The molecule has 0 radical (unpaired) electrons. The first kappa shape index (κ1) is 22.7. The van der Waals surface area contributed by atoms with Gasteiger partial charge in [-0.15, -0.1) is 0 Å². The van der Waals surface area contributed by atoms with Crippen LogP contribution in [0.4, 0.5) is 0 Å². The highest BCUT2D eigenvalue weighted by atomic mass is 35.5. The second-order valence-corrected chi connectivity index (χ2v) is 9.70. The van der Waals surface area contributed by atoms with Crippen molar-refractivity contribution >= 4 is 33.4 Å². The number of imide groups is 1. The second kappa shape index (κ2) is 8.80. The lowest BCUT2D eigenvalue weighted by molar-refractivity contribution is -0.177. The van der Waals surface area contributed by atoms with E-state index in [0.29, 0.717) is 10.8 Å². The molecule has 2 aliphatic rings. The summed E-state index contributed by atoms with van der Waals surface area (Å²) in [5.41, 5.74) is 0.760. The highest BCUT2D eigenvalue weighted by molar-refractivity contribution is 7.89. The van der Waals surface area contributed by atoms with Gasteiger partial charge in [0.2, 0.25) is 15.9 Å². The van der Waals surface area contributed by atoms with Crippen LogP contribution >= 0.6 is 11.6 Å². The van der Waals surface area contributed by atoms with E-state index in [9.17, 15) is 18.0 Å².